The number of nitro groups is 1. The number of sulfonamides is 1. The minimum Gasteiger partial charge on any atom is -0.455 e. The van der Waals surface area contributed by atoms with E-state index in [4.69, 9.17) is 16.3 Å². The van der Waals surface area contributed by atoms with E-state index in [-0.39, 0.29) is 51.6 Å². The van der Waals surface area contributed by atoms with Crippen LogP contribution in [0.5, 0.6) is 11.5 Å². The van der Waals surface area contributed by atoms with Crippen LogP contribution in [0, 0.1) is 21.4 Å². The third kappa shape index (κ3) is 11.7. The summed E-state index contributed by atoms with van der Waals surface area (Å²) in [6.45, 7) is 8.98. The lowest BCUT2D eigenvalue weighted by Gasteiger charge is -2.39. The number of anilines is 2. The molecule has 70 heavy (non-hydrogen) atoms. The van der Waals surface area contributed by atoms with Crippen molar-refractivity contribution in [2.75, 3.05) is 76.2 Å². The quantitative estimate of drug-likeness (QED) is 0.0577. The van der Waals surface area contributed by atoms with E-state index in [0.29, 0.717) is 75.7 Å². The fourth-order valence-corrected chi connectivity index (χ4v) is 10.7. The Kier molecular flexibility index (Phi) is 14.8. The molecule has 8 rings (SSSR count). The summed E-state index contributed by atoms with van der Waals surface area (Å²) in [7, 11) is -2.97. The molecule has 3 aliphatic rings. The normalized spacial score (nSPS) is 18.0. The number of piperazine rings is 1. The molecular weight excluding hydrogens is 951 g/mol. The SMILES string of the molecule is CNCC(=O)N1CCCC(CNc2ccc(S(=O)(=O)NC(=O)c3ccc(N4CCN(CC5=C(c6ccc(C(F)(F)F)cc6Cl)CC(C)(C)CC5)CC4)cc3Oc3cnc4[nH]ccc4c3)cc2[N+](=O)[O-])C1. The van der Waals surface area contributed by atoms with Crippen LogP contribution in [0.3, 0.4) is 0 Å². The highest BCUT2D eigenvalue weighted by Gasteiger charge is 2.34. The van der Waals surface area contributed by atoms with E-state index >= 15 is 0 Å². The Labute approximate surface area is 408 Å². The summed E-state index contributed by atoms with van der Waals surface area (Å²) in [6, 6.07) is 15.3. The molecule has 2 aromatic heterocycles. The van der Waals surface area contributed by atoms with Crippen LogP contribution >= 0.6 is 11.6 Å². The molecule has 1 aliphatic carbocycles. The van der Waals surface area contributed by atoms with Crippen LogP contribution in [0.1, 0.15) is 67.4 Å². The summed E-state index contributed by atoms with van der Waals surface area (Å²) in [5.74, 6) is -0.731. The van der Waals surface area contributed by atoms with Crippen molar-refractivity contribution in [3.63, 3.8) is 0 Å². The number of hydrogen-bond donors (Lipinski definition) is 4. The summed E-state index contributed by atoms with van der Waals surface area (Å²) in [4.78, 5) is 51.1. The van der Waals surface area contributed by atoms with Crippen LogP contribution in [0.25, 0.3) is 16.6 Å². The topological polar surface area (TPSA) is 195 Å². The number of likely N-dealkylation sites (N-methyl/N-ethyl adjacent to an activating group) is 1. The van der Waals surface area contributed by atoms with Gasteiger partial charge >= 0.3 is 6.18 Å². The lowest BCUT2D eigenvalue weighted by molar-refractivity contribution is -0.384. The largest absolute Gasteiger partial charge is 0.455 e. The van der Waals surface area contributed by atoms with E-state index in [2.05, 4.69) is 49.0 Å². The highest BCUT2D eigenvalue weighted by Crippen LogP contribution is 2.46. The van der Waals surface area contributed by atoms with Gasteiger partial charge in [-0.3, -0.25) is 24.6 Å². The first-order valence-electron chi connectivity index (χ1n) is 23.1. The molecule has 2 fully saturated rings. The Balaban J connectivity index is 0.988. The molecule has 5 aromatic rings. The van der Waals surface area contributed by atoms with Crippen LogP contribution in [-0.2, 0) is 21.0 Å². The molecule has 16 nitrogen and oxygen atoms in total. The summed E-state index contributed by atoms with van der Waals surface area (Å²) in [5.41, 5.74) is 2.68. The monoisotopic (exact) mass is 1010 g/mol. The molecule has 0 spiro atoms. The third-order valence-electron chi connectivity index (χ3n) is 13.3. The molecule has 3 aromatic carbocycles. The van der Waals surface area contributed by atoms with Crippen molar-refractivity contribution in [1.29, 1.82) is 0 Å². The van der Waals surface area contributed by atoms with Gasteiger partial charge in [-0.15, -0.1) is 0 Å². The third-order valence-corrected chi connectivity index (χ3v) is 14.9. The van der Waals surface area contributed by atoms with Crippen LogP contribution in [0.2, 0.25) is 5.02 Å². The van der Waals surface area contributed by atoms with Crippen molar-refractivity contribution in [3.05, 3.63) is 117 Å². The fourth-order valence-electron chi connectivity index (χ4n) is 9.44. The smallest absolute Gasteiger partial charge is 0.416 e. The molecule has 372 valence electrons. The van der Waals surface area contributed by atoms with Gasteiger partial charge in [0.05, 0.1) is 33.7 Å². The molecule has 1 unspecified atom stereocenters. The van der Waals surface area contributed by atoms with Crippen LogP contribution in [-0.4, -0.2) is 111 Å². The minimum absolute atomic E-state index is 0.0161. The van der Waals surface area contributed by atoms with E-state index in [1.54, 1.807) is 42.4 Å². The van der Waals surface area contributed by atoms with Gasteiger partial charge < -0.3 is 30.2 Å². The lowest BCUT2D eigenvalue weighted by atomic mass is 9.72. The molecule has 0 bridgehead atoms. The first kappa shape index (κ1) is 50.2. The van der Waals surface area contributed by atoms with Gasteiger partial charge in [-0.2, -0.15) is 13.2 Å². The zero-order valence-corrected chi connectivity index (χ0v) is 40.6. The summed E-state index contributed by atoms with van der Waals surface area (Å²) in [6.07, 6.45) is 2.65. The summed E-state index contributed by atoms with van der Waals surface area (Å²) in [5, 5.41) is 19.0. The number of benzene rings is 3. The molecule has 0 radical (unpaired) electrons. The number of hydrogen-bond acceptors (Lipinski definition) is 12. The lowest BCUT2D eigenvalue weighted by Crippen LogP contribution is -2.47. The number of halogens is 4. The van der Waals surface area contributed by atoms with Crippen molar-refractivity contribution >= 4 is 67.1 Å². The Bertz CT molecular complexity index is 2940. The highest BCUT2D eigenvalue weighted by atomic mass is 35.5. The number of carbonyl (C=O) groups is 2. The number of fused-ring (bicyclic) bond motifs is 1. The van der Waals surface area contributed by atoms with Gasteiger partial charge in [0, 0.05) is 86.8 Å². The van der Waals surface area contributed by atoms with Gasteiger partial charge in [-0.1, -0.05) is 37.1 Å². The fraction of sp³-hybridized carbons (Fsp3) is 0.408. The number of nitrogens with zero attached hydrogens (tertiary/aromatic N) is 5. The number of amides is 2. The zero-order valence-electron chi connectivity index (χ0n) is 39.0. The molecule has 4 heterocycles. The van der Waals surface area contributed by atoms with E-state index in [1.807, 2.05) is 0 Å². The van der Waals surface area contributed by atoms with Crippen molar-refractivity contribution in [1.82, 2.24) is 29.8 Å². The summed E-state index contributed by atoms with van der Waals surface area (Å²) >= 11 is 6.54. The molecular formula is C49H55ClF3N9O7S. The van der Waals surface area contributed by atoms with E-state index in [0.717, 1.165) is 60.4 Å². The number of rotatable bonds is 15. The predicted molar refractivity (Wildman–Crippen MR) is 262 cm³/mol. The van der Waals surface area contributed by atoms with Gasteiger partial charge in [-0.25, -0.2) is 18.1 Å². The van der Waals surface area contributed by atoms with E-state index in [9.17, 15) is 41.3 Å². The standard InChI is InChI=1S/C49H55ClF3N9O7S/c1-48(2)14-12-33(40(25-48)38-9-6-34(22-41(38)50)49(51,52)53)30-59-17-19-60(20-18-59)35-7-10-39(44(23-35)69-36-21-32-13-15-55-46(32)57-27-36)47(64)58-70(67,68)37-8-11-42(43(24-37)62(65)66)56-26-31-5-4-16-61(29-31)45(63)28-54-3/h6-11,13,15,21-24,27,31,54,56H,4-5,12,14,16-20,25-26,28-30H2,1-3H3,(H,55,57)(H,58,64). The predicted octanol–water partition coefficient (Wildman–Crippen LogP) is 8.71. The zero-order chi connectivity index (χ0) is 50.0. The van der Waals surface area contributed by atoms with Crippen molar-refractivity contribution < 1.29 is 40.8 Å². The Morgan fingerprint density at radius 2 is 1.81 bits per heavy atom. The molecule has 2 amide bonds. The number of pyridine rings is 1. The van der Waals surface area contributed by atoms with Gasteiger partial charge in [0.1, 0.15) is 22.8 Å². The van der Waals surface area contributed by atoms with Crippen LogP contribution in [0.15, 0.2) is 89.6 Å². The van der Waals surface area contributed by atoms with E-state index in [1.165, 1.54) is 30.5 Å². The molecule has 21 heteroatoms. The van der Waals surface area contributed by atoms with Crippen LogP contribution < -0.4 is 25.0 Å². The number of nitrogens with one attached hydrogen (secondary N) is 4. The number of ether oxygens (including phenoxy) is 1. The molecule has 2 aliphatic heterocycles. The number of likely N-dealkylation sites (tertiary alicyclic amines) is 1. The number of aromatic nitrogens is 2. The van der Waals surface area contributed by atoms with Crippen molar-refractivity contribution in [3.8, 4) is 11.5 Å². The van der Waals surface area contributed by atoms with Gasteiger partial charge in [0.2, 0.25) is 5.91 Å². The number of H-pyrrole nitrogens is 1. The van der Waals surface area contributed by atoms with Crippen molar-refractivity contribution in [2.45, 2.75) is 57.0 Å². The highest BCUT2D eigenvalue weighted by molar-refractivity contribution is 7.90. The Morgan fingerprint density at radius 3 is 2.54 bits per heavy atom. The second-order valence-corrected chi connectivity index (χ2v) is 21.0. The van der Waals surface area contributed by atoms with Crippen molar-refractivity contribution in [2.24, 2.45) is 11.3 Å². The van der Waals surface area contributed by atoms with Gasteiger partial charge in [-0.05, 0) is 110 Å². The van der Waals surface area contributed by atoms with Crippen LogP contribution in [0.4, 0.5) is 30.2 Å². The maximum atomic E-state index is 14.0. The Hall–Kier alpha value is -6.22. The van der Waals surface area contributed by atoms with E-state index < -0.39 is 43.2 Å². The first-order valence-corrected chi connectivity index (χ1v) is 25.0. The number of piperidine rings is 1. The average Bonchev–Trinajstić information content (AvgIpc) is 3.79. The average molecular weight is 1010 g/mol. The number of carbonyl (C=O) groups excluding carboxylic acids is 2. The first-order chi connectivity index (χ1) is 33.3. The second kappa shape index (κ2) is 20.6. The maximum Gasteiger partial charge on any atom is 0.416 e. The molecule has 0 saturated carbocycles. The summed E-state index contributed by atoms with van der Waals surface area (Å²) < 4.78 is 76.5. The number of alkyl halides is 3. The minimum atomic E-state index is -4.66. The number of allylic oxidation sites excluding steroid dienone is 1. The number of aromatic amines is 1. The van der Waals surface area contributed by atoms with Gasteiger partial charge in [0.15, 0.2) is 0 Å². The maximum absolute atomic E-state index is 14.0. The second-order valence-electron chi connectivity index (χ2n) is 18.9. The number of nitro benzene ring substituents is 1. The molecule has 4 N–H and O–H groups in total. The molecule has 1 atom stereocenters. The molecule has 2 saturated heterocycles. The van der Waals surface area contributed by atoms with Gasteiger partial charge in [0.25, 0.3) is 21.6 Å². The Morgan fingerprint density at radius 1 is 1.03 bits per heavy atom.